The molecular weight excluding hydrogens is 262 g/mol. The maximum Gasteiger partial charge on any atom is 0.0346 e. The summed E-state index contributed by atoms with van der Waals surface area (Å²) in [6.45, 7) is 1.03. The number of benzene rings is 1. The zero-order chi connectivity index (χ0) is 13.6. The molecule has 2 heteroatoms. The summed E-state index contributed by atoms with van der Waals surface area (Å²) in [5.74, 6) is 0. The molecule has 1 fully saturated rings. The van der Waals surface area contributed by atoms with Crippen LogP contribution in [0.25, 0.3) is 10.4 Å². The van der Waals surface area contributed by atoms with Crippen LogP contribution in [0.2, 0.25) is 0 Å². The minimum absolute atomic E-state index is 0.736. The Kier molecular flexibility index (Phi) is 4.88. The highest BCUT2D eigenvalue weighted by Gasteiger charge is 2.11. The molecule has 20 heavy (non-hydrogen) atoms. The lowest BCUT2D eigenvalue weighted by Crippen LogP contribution is -2.27. The lowest BCUT2D eigenvalue weighted by Gasteiger charge is -2.15. The second-order valence-corrected chi connectivity index (χ2v) is 6.87. The fraction of sp³-hybridized carbons (Fsp3) is 0.444. The van der Waals surface area contributed by atoms with Gasteiger partial charge < -0.3 is 5.32 Å². The second-order valence-electron chi connectivity index (χ2n) is 5.70. The van der Waals surface area contributed by atoms with Gasteiger partial charge in [-0.05, 0) is 30.5 Å². The van der Waals surface area contributed by atoms with Crippen molar-refractivity contribution in [1.29, 1.82) is 0 Å². The predicted molar refractivity (Wildman–Crippen MR) is 88.1 cm³/mol. The molecule has 1 aliphatic carbocycles. The van der Waals surface area contributed by atoms with Crippen LogP contribution >= 0.6 is 11.3 Å². The third-order valence-corrected chi connectivity index (χ3v) is 5.27. The molecule has 1 aromatic heterocycles. The van der Waals surface area contributed by atoms with E-state index in [4.69, 9.17) is 0 Å². The monoisotopic (exact) mass is 285 g/mol. The first-order chi connectivity index (χ1) is 9.92. The van der Waals surface area contributed by atoms with E-state index < -0.39 is 0 Å². The van der Waals surface area contributed by atoms with E-state index in [1.54, 1.807) is 0 Å². The molecule has 0 unspecified atom stereocenters. The standard InChI is InChI=1S/C18H23NS/c1-2-7-11-16(10-6-1)19-14-17-12-13-18(20-17)15-8-4-3-5-9-15/h3-5,8-9,12-13,16,19H,1-2,6-7,10-11,14H2. The number of rotatable bonds is 4. The van der Waals surface area contributed by atoms with Gasteiger partial charge in [0, 0.05) is 22.3 Å². The van der Waals surface area contributed by atoms with Crippen molar-refractivity contribution in [3.05, 3.63) is 47.3 Å². The van der Waals surface area contributed by atoms with Crippen LogP contribution in [-0.4, -0.2) is 6.04 Å². The fourth-order valence-electron chi connectivity index (χ4n) is 2.96. The summed E-state index contributed by atoms with van der Waals surface area (Å²) in [6, 6.07) is 15.9. The zero-order valence-corrected chi connectivity index (χ0v) is 12.8. The highest BCUT2D eigenvalue weighted by molar-refractivity contribution is 7.15. The van der Waals surface area contributed by atoms with Gasteiger partial charge in [0.15, 0.2) is 0 Å². The molecule has 0 atom stereocenters. The third-order valence-electron chi connectivity index (χ3n) is 4.14. The molecule has 0 saturated heterocycles. The van der Waals surface area contributed by atoms with Crippen molar-refractivity contribution < 1.29 is 0 Å². The van der Waals surface area contributed by atoms with Crippen LogP contribution < -0.4 is 5.32 Å². The van der Waals surface area contributed by atoms with Gasteiger partial charge in [-0.3, -0.25) is 0 Å². The van der Waals surface area contributed by atoms with Gasteiger partial charge in [0.1, 0.15) is 0 Å². The summed E-state index contributed by atoms with van der Waals surface area (Å²) in [4.78, 5) is 2.83. The normalized spacial score (nSPS) is 17.0. The quantitative estimate of drug-likeness (QED) is 0.759. The minimum atomic E-state index is 0.736. The van der Waals surface area contributed by atoms with Crippen LogP contribution in [0.4, 0.5) is 0 Å². The maximum absolute atomic E-state index is 3.75. The highest BCUT2D eigenvalue weighted by Crippen LogP contribution is 2.28. The van der Waals surface area contributed by atoms with Gasteiger partial charge in [-0.1, -0.05) is 56.0 Å². The molecule has 1 heterocycles. The summed E-state index contributed by atoms with van der Waals surface area (Å²) < 4.78 is 0. The molecule has 0 radical (unpaired) electrons. The molecule has 0 aliphatic heterocycles. The largest absolute Gasteiger partial charge is 0.309 e. The van der Waals surface area contributed by atoms with Crippen molar-refractivity contribution in [1.82, 2.24) is 5.32 Å². The fourth-order valence-corrected chi connectivity index (χ4v) is 3.92. The Hall–Kier alpha value is -1.12. The summed E-state index contributed by atoms with van der Waals surface area (Å²) in [7, 11) is 0. The van der Waals surface area contributed by atoms with Crippen LogP contribution in [0.3, 0.4) is 0 Å². The number of hydrogen-bond acceptors (Lipinski definition) is 2. The van der Waals surface area contributed by atoms with Crippen molar-refractivity contribution in [2.45, 2.75) is 51.1 Å². The van der Waals surface area contributed by atoms with Crippen LogP contribution in [0.15, 0.2) is 42.5 Å². The predicted octanol–water partition coefficient (Wildman–Crippen LogP) is 5.23. The molecule has 0 bridgehead atoms. The van der Waals surface area contributed by atoms with E-state index in [-0.39, 0.29) is 0 Å². The minimum Gasteiger partial charge on any atom is -0.309 e. The average Bonchev–Trinajstić information content (AvgIpc) is 2.82. The molecule has 1 aliphatic rings. The van der Waals surface area contributed by atoms with E-state index in [2.05, 4.69) is 47.8 Å². The summed E-state index contributed by atoms with van der Waals surface area (Å²) >= 11 is 1.92. The van der Waals surface area contributed by atoms with E-state index >= 15 is 0 Å². The Morgan fingerprint density at radius 3 is 2.40 bits per heavy atom. The van der Waals surface area contributed by atoms with Crippen LogP contribution in [0, 0.1) is 0 Å². The average molecular weight is 285 g/mol. The number of hydrogen-bond donors (Lipinski definition) is 1. The van der Waals surface area contributed by atoms with Crippen molar-refractivity contribution in [2.24, 2.45) is 0 Å². The van der Waals surface area contributed by atoms with Gasteiger partial charge in [-0.2, -0.15) is 0 Å². The van der Waals surface area contributed by atoms with Crippen LogP contribution in [0.5, 0.6) is 0 Å². The van der Waals surface area contributed by atoms with Gasteiger partial charge in [-0.25, -0.2) is 0 Å². The van der Waals surface area contributed by atoms with E-state index in [0.29, 0.717) is 0 Å². The van der Waals surface area contributed by atoms with Gasteiger partial charge in [0.05, 0.1) is 0 Å². The van der Waals surface area contributed by atoms with Gasteiger partial charge in [0.25, 0.3) is 0 Å². The first kappa shape index (κ1) is 13.8. The van der Waals surface area contributed by atoms with Crippen LogP contribution in [0.1, 0.15) is 43.4 Å². The summed E-state index contributed by atoms with van der Waals surface area (Å²) in [5.41, 5.74) is 1.33. The van der Waals surface area contributed by atoms with Crippen molar-refractivity contribution >= 4 is 11.3 Å². The van der Waals surface area contributed by atoms with E-state index in [0.717, 1.165) is 12.6 Å². The first-order valence-electron chi connectivity index (χ1n) is 7.79. The number of thiophene rings is 1. The Bertz CT molecular complexity index is 509. The molecule has 2 aromatic rings. The van der Waals surface area contributed by atoms with Crippen molar-refractivity contribution in [3.63, 3.8) is 0 Å². The van der Waals surface area contributed by atoms with Gasteiger partial charge in [-0.15, -0.1) is 11.3 Å². The summed E-state index contributed by atoms with van der Waals surface area (Å²) in [6.07, 6.45) is 8.37. The first-order valence-corrected chi connectivity index (χ1v) is 8.61. The van der Waals surface area contributed by atoms with Gasteiger partial charge >= 0.3 is 0 Å². The smallest absolute Gasteiger partial charge is 0.0346 e. The Morgan fingerprint density at radius 2 is 1.65 bits per heavy atom. The molecule has 1 nitrogen and oxygen atoms in total. The van der Waals surface area contributed by atoms with Crippen LogP contribution in [-0.2, 0) is 6.54 Å². The Labute approximate surface area is 126 Å². The van der Waals surface area contributed by atoms with E-state index in [1.165, 1.54) is 53.8 Å². The van der Waals surface area contributed by atoms with E-state index in [9.17, 15) is 0 Å². The summed E-state index contributed by atoms with van der Waals surface area (Å²) in [5, 5.41) is 3.75. The second kappa shape index (κ2) is 7.05. The lowest BCUT2D eigenvalue weighted by molar-refractivity contribution is 0.461. The molecule has 1 saturated carbocycles. The third kappa shape index (κ3) is 3.71. The molecular formula is C18H23NS. The topological polar surface area (TPSA) is 12.0 Å². The van der Waals surface area contributed by atoms with Gasteiger partial charge in [0.2, 0.25) is 0 Å². The van der Waals surface area contributed by atoms with E-state index in [1.807, 2.05) is 11.3 Å². The Balaban J connectivity index is 1.57. The Morgan fingerprint density at radius 1 is 0.900 bits per heavy atom. The molecule has 0 amide bonds. The lowest BCUT2D eigenvalue weighted by atomic mass is 10.1. The highest BCUT2D eigenvalue weighted by atomic mass is 32.1. The van der Waals surface area contributed by atoms with Crippen molar-refractivity contribution in [2.75, 3.05) is 0 Å². The maximum atomic E-state index is 3.75. The zero-order valence-electron chi connectivity index (χ0n) is 12.0. The molecule has 106 valence electrons. The SMILES string of the molecule is c1ccc(-c2ccc(CNC3CCCCCC3)s2)cc1. The molecule has 3 rings (SSSR count). The van der Waals surface area contributed by atoms with Crippen molar-refractivity contribution in [3.8, 4) is 10.4 Å². The molecule has 1 aromatic carbocycles. The molecule has 0 spiro atoms. The number of nitrogens with one attached hydrogen (secondary N) is 1. The molecule has 1 N–H and O–H groups in total.